The fourth-order valence-electron chi connectivity index (χ4n) is 2.72. The molecule has 0 amide bonds. The van der Waals surface area contributed by atoms with Gasteiger partial charge in [-0.05, 0) is 36.6 Å². The number of nitrogens with zero attached hydrogens (tertiary/aromatic N) is 2. The Labute approximate surface area is 124 Å². The first-order valence-electron chi connectivity index (χ1n) is 7.14. The SMILES string of the molecule is COc1ccc2c(N3CC(CO)OCC3C)nccc2c1. The first kappa shape index (κ1) is 14.1. The molecule has 0 aliphatic carbocycles. The lowest BCUT2D eigenvalue weighted by Crippen LogP contribution is -2.50. The van der Waals surface area contributed by atoms with E-state index >= 15 is 0 Å². The maximum absolute atomic E-state index is 9.33. The number of hydrogen-bond donors (Lipinski definition) is 1. The minimum absolute atomic E-state index is 0.0296. The van der Waals surface area contributed by atoms with Crippen LogP contribution < -0.4 is 9.64 Å². The van der Waals surface area contributed by atoms with Gasteiger partial charge in [0.15, 0.2) is 0 Å². The van der Waals surface area contributed by atoms with E-state index in [4.69, 9.17) is 9.47 Å². The Balaban J connectivity index is 2.02. The Hall–Kier alpha value is -1.85. The van der Waals surface area contributed by atoms with Crippen molar-refractivity contribution in [2.45, 2.75) is 19.1 Å². The summed E-state index contributed by atoms with van der Waals surface area (Å²) in [4.78, 5) is 6.76. The van der Waals surface area contributed by atoms with Crippen molar-refractivity contribution in [1.29, 1.82) is 0 Å². The van der Waals surface area contributed by atoms with Crippen molar-refractivity contribution in [2.75, 3.05) is 31.8 Å². The van der Waals surface area contributed by atoms with Crippen LogP contribution >= 0.6 is 0 Å². The topological polar surface area (TPSA) is 54.8 Å². The highest BCUT2D eigenvalue weighted by atomic mass is 16.5. The second-order valence-corrected chi connectivity index (χ2v) is 5.36. The molecule has 1 aromatic heterocycles. The third-order valence-electron chi connectivity index (χ3n) is 3.93. The number of fused-ring (bicyclic) bond motifs is 1. The number of aromatic nitrogens is 1. The monoisotopic (exact) mass is 288 g/mol. The lowest BCUT2D eigenvalue weighted by molar-refractivity contribution is -0.0104. The molecule has 112 valence electrons. The number of pyridine rings is 1. The van der Waals surface area contributed by atoms with Gasteiger partial charge in [-0.3, -0.25) is 0 Å². The molecule has 1 N–H and O–H groups in total. The standard InChI is InChI=1S/C16H20N2O3/c1-11-10-21-14(9-19)8-18(11)16-15-4-3-13(20-2)7-12(15)5-6-17-16/h3-7,11,14,19H,8-10H2,1-2H3. The predicted octanol–water partition coefficient (Wildman–Crippen LogP) is 1.83. The summed E-state index contributed by atoms with van der Waals surface area (Å²) in [5, 5.41) is 11.5. The molecule has 2 unspecified atom stereocenters. The molecule has 21 heavy (non-hydrogen) atoms. The Morgan fingerprint density at radius 2 is 2.29 bits per heavy atom. The number of ether oxygens (including phenoxy) is 2. The third-order valence-corrected chi connectivity index (χ3v) is 3.93. The summed E-state index contributed by atoms with van der Waals surface area (Å²) in [6.45, 7) is 3.38. The van der Waals surface area contributed by atoms with Crippen molar-refractivity contribution in [3.05, 3.63) is 30.5 Å². The van der Waals surface area contributed by atoms with Gasteiger partial charge >= 0.3 is 0 Å². The molecule has 0 saturated carbocycles. The van der Waals surface area contributed by atoms with Crippen molar-refractivity contribution in [3.8, 4) is 5.75 Å². The lowest BCUT2D eigenvalue weighted by atomic mass is 10.1. The zero-order valence-corrected chi connectivity index (χ0v) is 12.3. The van der Waals surface area contributed by atoms with Crippen LogP contribution in [-0.2, 0) is 4.74 Å². The molecule has 0 radical (unpaired) electrons. The molecular formula is C16H20N2O3. The van der Waals surface area contributed by atoms with Crippen molar-refractivity contribution < 1.29 is 14.6 Å². The number of morpholine rings is 1. The zero-order chi connectivity index (χ0) is 14.8. The summed E-state index contributed by atoms with van der Waals surface area (Å²) in [7, 11) is 1.67. The van der Waals surface area contributed by atoms with E-state index in [2.05, 4.69) is 16.8 Å². The zero-order valence-electron chi connectivity index (χ0n) is 12.3. The van der Waals surface area contributed by atoms with Crippen molar-refractivity contribution in [1.82, 2.24) is 4.98 Å². The number of aliphatic hydroxyl groups is 1. The molecule has 2 heterocycles. The van der Waals surface area contributed by atoms with Gasteiger partial charge < -0.3 is 19.5 Å². The number of aliphatic hydroxyl groups excluding tert-OH is 1. The van der Waals surface area contributed by atoms with Gasteiger partial charge in [0.2, 0.25) is 0 Å². The Bertz CT molecular complexity index is 632. The van der Waals surface area contributed by atoms with Gasteiger partial charge in [-0.1, -0.05) is 0 Å². The summed E-state index contributed by atoms with van der Waals surface area (Å²) >= 11 is 0. The fraction of sp³-hybridized carbons (Fsp3) is 0.438. The third kappa shape index (κ3) is 2.66. The highest BCUT2D eigenvalue weighted by Crippen LogP contribution is 2.30. The second-order valence-electron chi connectivity index (χ2n) is 5.36. The van der Waals surface area contributed by atoms with E-state index in [0.717, 1.165) is 22.3 Å². The van der Waals surface area contributed by atoms with Gasteiger partial charge in [0.05, 0.1) is 32.5 Å². The van der Waals surface area contributed by atoms with Crippen LogP contribution in [0.1, 0.15) is 6.92 Å². The number of rotatable bonds is 3. The van der Waals surface area contributed by atoms with Gasteiger partial charge in [0, 0.05) is 18.1 Å². The van der Waals surface area contributed by atoms with E-state index in [-0.39, 0.29) is 18.8 Å². The van der Waals surface area contributed by atoms with E-state index in [1.807, 2.05) is 30.5 Å². The summed E-state index contributed by atoms with van der Waals surface area (Å²) in [6.07, 6.45) is 1.66. The molecule has 1 saturated heterocycles. The van der Waals surface area contributed by atoms with Gasteiger partial charge in [0.25, 0.3) is 0 Å². The van der Waals surface area contributed by atoms with Crippen molar-refractivity contribution in [2.24, 2.45) is 0 Å². The molecule has 0 bridgehead atoms. The van der Waals surface area contributed by atoms with Crippen LogP contribution in [0.25, 0.3) is 10.8 Å². The fourth-order valence-corrected chi connectivity index (χ4v) is 2.72. The second kappa shape index (κ2) is 5.87. The van der Waals surface area contributed by atoms with Crippen LogP contribution in [0.3, 0.4) is 0 Å². The Morgan fingerprint density at radius 3 is 3.05 bits per heavy atom. The highest BCUT2D eigenvalue weighted by molar-refractivity contribution is 5.93. The smallest absolute Gasteiger partial charge is 0.136 e. The van der Waals surface area contributed by atoms with Gasteiger partial charge in [0.1, 0.15) is 11.6 Å². The maximum atomic E-state index is 9.33. The largest absolute Gasteiger partial charge is 0.497 e. The molecular weight excluding hydrogens is 268 g/mol. The first-order chi connectivity index (χ1) is 10.2. The molecule has 1 fully saturated rings. The van der Waals surface area contributed by atoms with E-state index in [9.17, 15) is 5.11 Å². The molecule has 1 aromatic carbocycles. The van der Waals surface area contributed by atoms with E-state index in [1.54, 1.807) is 7.11 Å². The molecule has 1 aliphatic rings. The van der Waals surface area contributed by atoms with E-state index < -0.39 is 0 Å². The number of benzene rings is 1. The lowest BCUT2D eigenvalue weighted by Gasteiger charge is -2.38. The predicted molar refractivity (Wildman–Crippen MR) is 81.9 cm³/mol. The normalized spacial score (nSPS) is 22.5. The molecule has 1 aliphatic heterocycles. The van der Waals surface area contributed by atoms with Crippen LogP contribution in [0.2, 0.25) is 0 Å². The minimum atomic E-state index is -0.156. The molecule has 5 nitrogen and oxygen atoms in total. The van der Waals surface area contributed by atoms with Crippen LogP contribution in [0.4, 0.5) is 5.82 Å². The van der Waals surface area contributed by atoms with Gasteiger partial charge in [-0.15, -0.1) is 0 Å². The number of hydrogen-bond acceptors (Lipinski definition) is 5. The maximum Gasteiger partial charge on any atom is 0.136 e. The average molecular weight is 288 g/mol. The highest BCUT2D eigenvalue weighted by Gasteiger charge is 2.27. The van der Waals surface area contributed by atoms with E-state index in [0.29, 0.717) is 13.2 Å². The van der Waals surface area contributed by atoms with Gasteiger partial charge in [-0.2, -0.15) is 0 Å². The number of methoxy groups -OCH3 is 1. The van der Waals surface area contributed by atoms with Crippen LogP contribution in [0.15, 0.2) is 30.5 Å². The summed E-state index contributed by atoms with van der Waals surface area (Å²) in [6, 6.07) is 8.20. The summed E-state index contributed by atoms with van der Waals surface area (Å²) < 4.78 is 10.9. The van der Waals surface area contributed by atoms with Crippen LogP contribution in [-0.4, -0.2) is 49.1 Å². The molecule has 2 atom stereocenters. The summed E-state index contributed by atoms with van der Waals surface area (Å²) in [5.41, 5.74) is 0. The van der Waals surface area contributed by atoms with Crippen LogP contribution in [0, 0.1) is 0 Å². The van der Waals surface area contributed by atoms with E-state index in [1.165, 1.54) is 0 Å². The molecule has 2 aromatic rings. The van der Waals surface area contributed by atoms with Gasteiger partial charge in [-0.25, -0.2) is 4.98 Å². The average Bonchev–Trinajstić information content (AvgIpc) is 2.54. The Morgan fingerprint density at radius 1 is 1.43 bits per heavy atom. The Kier molecular flexibility index (Phi) is 3.94. The van der Waals surface area contributed by atoms with Crippen molar-refractivity contribution in [3.63, 3.8) is 0 Å². The molecule has 0 spiro atoms. The first-order valence-corrected chi connectivity index (χ1v) is 7.14. The molecule has 5 heteroatoms. The van der Waals surface area contributed by atoms with Crippen LogP contribution in [0.5, 0.6) is 5.75 Å². The minimum Gasteiger partial charge on any atom is -0.497 e. The van der Waals surface area contributed by atoms with Crippen molar-refractivity contribution >= 4 is 16.6 Å². The summed E-state index contributed by atoms with van der Waals surface area (Å²) in [5.74, 6) is 1.77. The molecule has 3 rings (SSSR count). The number of anilines is 1. The quantitative estimate of drug-likeness (QED) is 0.934.